The van der Waals surface area contributed by atoms with E-state index in [0.717, 1.165) is 24.1 Å². The molecular formula is C21H18FN3O3S2. The normalized spacial score (nSPS) is 13.3. The molecule has 2 aromatic carbocycles. The van der Waals surface area contributed by atoms with Crippen LogP contribution in [0.2, 0.25) is 0 Å². The lowest BCUT2D eigenvalue weighted by Gasteiger charge is -2.23. The summed E-state index contributed by atoms with van der Waals surface area (Å²) >= 11 is 2.64. The Kier molecular flexibility index (Phi) is 5.83. The maximum atomic E-state index is 13.2. The Bertz CT molecular complexity index is 1100. The number of aromatic nitrogens is 1. The molecule has 1 aliphatic rings. The van der Waals surface area contributed by atoms with Crippen LogP contribution in [0.3, 0.4) is 0 Å². The van der Waals surface area contributed by atoms with E-state index >= 15 is 0 Å². The molecular weight excluding hydrogens is 425 g/mol. The molecule has 4 rings (SSSR count). The molecule has 1 aromatic heterocycles. The third-order valence-electron chi connectivity index (χ3n) is 4.71. The van der Waals surface area contributed by atoms with Gasteiger partial charge in [-0.2, -0.15) is 0 Å². The van der Waals surface area contributed by atoms with Crippen molar-refractivity contribution in [3.8, 4) is 0 Å². The molecule has 0 unspecified atom stereocenters. The number of hydrogen-bond acceptors (Lipinski definition) is 6. The number of nitro groups is 1. The summed E-state index contributed by atoms with van der Waals surface area (Å²) in [5.41, 5.74) is 1.84. The number of aryl methyl sites for hydroxylation is 1. The quantitative estimate of drug-likeness (QED) is 0.358. The lowest BCUT2D eigenvalue weighted by Crippen LogP contribution is -2.32. The number of carbonyl (C=O) groups is 1. The largest absolute Gasteiger partial charge is 0.331 e. The summed E-state index contributed by atoms with van der Waals surface area (Å²) in [5, 5.41) is 13.5. The Morgan fingerprint density at radius 3 is 2.63 bits per heavy atom. The maximum Gasteiger partial charge on any atom is 0.284 e. The molecule has 0 saturated heterocycles. The van der Waals surface area contributed by atoms with Gasteiger partial charge in [-0.1, -0.05) is 23.9 Å². The molecule has 1 heterocycles. The molecule has 1 aliphatic carbocycles. The molecule has 30 heavy (non-hydrogen) atoms. The van der Waals surface area contributed by atoms with Crippen LogP contribution < -0.4 is 0 Å². The van der Waals surface area contributed by atoms with Crippen LogP contribution in [0.4, 0.5) is 10.1 Å². The fourth-order valence-corrected chi connectivity index (χ4v) is 4.94. The Hall–Kier alpha value is -2.78. The van der Waals surface area contributed by atoms with Gasteiger partial charge in [0.15, 0.2) is 4.34 Å². The second-order valence-corrected chi connectivity index (χ2v) is 9.23. The lowest BCUT2D eigenvalue weighted by molar-refractivity contribution is -0.387. The highest BCUT2D eigenvalue weighted by molar-refractivity contribution is 8.01. The average molecular weight is 444 g/mol. The highest BCUT2D eigenvalue weighted by atomic mass is 32.2. The molecule has 1 saturated carbocycles. The molecule has 0 bridgehead atoms. The van der Waals surface area contributed by atoms with Crippen molar-refractivity contribution in [2.45, 2.75) is 41.6 Å². The number of hydrogen-bond donors (Lipinski definition) is 0. The smallest absolute Gasteiger partial charge is 0.284 e. The van der Waals surface area contributed by atoms with Gasteiger partial charge in [0.25, 0.3) is 11.6 Å². The zero-order chi connectivity index (χ0) is 21.3. The van der Waals surface area contributed by atoms with Crippen LogP contribution in [0.1, 0.15) is 34.5 Å². The Morgan fingerprint density at radius 1 is 1.30 bits per heavy atom. The van der Waals surface area contributed by atoms with Crippen molar-refractivity contribution in [2.24, 2.45) is 0 Å². The van der Waals surface area contributed by atoms with Gasteiger partial charge in [0.1, 0.15) is 5.82 Å². The highest BCUT2D eigenvalue weighted by Gasteiger charge is 2.34. The maximum absolute atomic E-state index is 13.2. The fourth-order valence-electron chi connectivity index (χ4n) is 3.06. The summed E-state index contributed by atoms with van der Waals surface area (Å²) in [6.07, 6.45) is 1.79. The van der Waals surface area contributed by atoms with Crippen LogP contribution in [0, 0.1) is 22.9 Å². The molecule has 0 N–H and O–H groups in total. The molecule has 0 spiro atoms. The van der Waals surface area contributed by atoms with E-state index in [1.54, 1.807) is 29.2 Å². The lowest BCUT2D eigenvalue weighted by atomic mass is 10.1. The van der Waals surface area contributed by atoms with Crippen molar-refractivity contribution < 1.29 is 14.1 Å². The zero-order valence-corrected chi connectivity index (χ0v) is 17.7. The van der Waals surface area contributed by atoms with Crippen LogP contribution in [0.25, 0.3) is 0 Å². The molecule has 0 aliphatic heterocycles. The molecule has 9 heteroatoms. The van der Waals surface area contributed by atoms with Crippen molar-refractivity contribution in [1.82, 2.24) is 9.88 Å². The van der Waals surface area contributed by atoms with Gasteiger partial charge in [-0.25, -0.2) is 9.37 Å². The Morgan fingerprint density at radius 2 is 2.03 bits per heavy atom. The van der Waals surface area contributed by atoms with E-state index in [9.17, 15) is 19.3 Å². The minimum Gasteiger partial charge on any atom is -0.331 e. The summed E-state index contributed by atoms with van der Waals surface area (Å²) < 4.78 is 13.9. The predicted molar refractivity (Wildman–Crippen MR) is 113 cm³/mol. The van der Waals surface area contributed by atoms with Crippen LogP contribution in [-0.4, -0.2) is 26.8 Å². The van der Waals surface area contributed by atoms with Gasteiger partial charge >= 0.3 is 0 Å². The first kappa shape index (κ1) is 20.5. The van der Waals surface area contributed by atoms with Crippen LogP contribution >= 0.6 is 23.1 Å². The molecule has 154 valence electrons. The number of rotatable bonds is 7. The molecule has 1 fully saturated rings. The minimum atomic E-state index is -0.471. The van der Waals surface area contributed by atoms with Crippen molar-refractivity contribution in [3.63, 3.8) is 0 Å². The number of benzene rings is 2. The van der Waals surface area contributed by atoms with E-state index in [2.05, 4.69) is 4.98 Å². The van der Waals surface area contributed by atoms with Crippen LogP contribution in [0.15, 0.2) is 57.1 Å². The summed E-state index contributed by atoms with van der Waals surface area (Å²) in [5.74, 6) is -0.589. The van der Waals surface area contributed by atoms with E-state index in [0.29, 0.717) is 15.8 Å². The highest BCUT2D eigenvalue weighted by Crippen LogP contribution is 2.37. The Labute approximate surface area is 180 Å². The first-order valence-electron chi connectivity index (χ1n) is 9.34. The van der Waals surface area contributed by atoms with Gasteiger partial charge in [0, 0.05) is 35.3 Å². The Balaban J connectivity index is 1.59. The third kappa shape index (κ3) is 4.68. The third-order valence-corrected chi connectivity index (χ3v) is 6.83. The van der Waals surface area contributed by atoms with Crippen LogP contribution in [0.5, 0.6) is 0 Å². The number of carbonyl (C=O) groups excluding carboxylic acids is 1. The number of thiazole rings is 1. The van der Waals surface area contributed by atoms with Crippen molar-refractivity contribution in [3.05, 3.63) is 80.6 Å². The van der Waals surface area contributed by atoms with Crippen LogP contribution in [-0.2, 0) is 6.54 Å². The number of amides is 1. The topological polar surface area (TPSA) is 76.3 Å². The minimum absolute atomic E-state index is 0.106. The van der Waals surface area contributed by atoms with Crippen molar-refractivity contribution >= 4 is 34.7 Å². The van der Waals surface area contributed by atoms with E-state index in [4.69, 9.17) is 0 Å². The number of nitro benzene ring substituents is 1. The summed E-state index contributed by atoms with van der Waals surface area (Å²) in [6.45, 7) is 2.21. The SMILES string of the molecule is Cc1csc(Sc2ccc(C(=O)N(Cc3ccc(F)cc3)C3CC3)cc2[N+](=O)[O-])n1. The average Bonchev–Trinajstić information content (AvgIpc) is 3.49. The molecule has 0 radical (unpaired) electrons. The standard InChI is InChI=1S/C21H18FN3O3S2/c1-13-12-29-21(23-13)30-19-9-4-15(10-18(19)25(27)28)20(26)24(17-7-8-17)11-14-2-5-16(22)6-3-14/h2-6,9-10,12,17H,7-8,11H2,1H3. The molecule has 3 aromatic rings. The van der Waals surface area contributed by atoms with E-state index in [-0.39, 0.29) is 29.0 Å². The number of halogens is 1. The van der Waals surface area contributed by atoms with Gasteiger partial charge in [-0.05, 0) is 49.6 Å². The monoisotopic (exact) mass is 443 g/mol. The van der Waals surface area contributed by atoms with Gasteiger partial charge < -0.3 is 4.90 Å². The summed E-state index contributed by atoms with van der Waals surface area (Å²) in [4.78, 5) is 30.8. The first-order chi connectivity index (χ1) is 14.4. The summed E-state index contributed by atoms with van der Waals surface area (Å²) in [7, 11) is 0. The molecule has 6 nitrogen and oxygen atoms in total. The van der Waals surface area contributed by atoms with Gasteiger partial charge in [-0.15, -0.1) is 11.3 Å². The van der Waals surface area contributed by atoms with Gasteiger partial charge in [-0.3, -0.25) is 14.9 Å². The zero-order valence-electron chi connectivity index (χ0n) is 16.1. The van der Waals surface area contributed by atoms with E-state index in [1.165, 1.54) is 41.3 Å². The number of nitrogens with zero attached hydrogens (tertiary/aromatic N) is 3. The predicted octanol–water partition coefficient (Wildman–Crippen LogP) is 5.45. The molecule has 1 amide bonds. The first-order valence-corrected chi connectivity index (χ1v) is 11.0. The molecule has 0 atom stereocenters. The fraction of sp³-hybridized carbons (Fsp3) is 0.238. The second kappa shape index (κ2) is 8.53. The van der Waals surface area contributed by atoms with E-state index in [1.807, 2.05) is 12.3 Å². The van der Waals surface area contributed by atoms with E-state index < -0.39 is 4.92 Å². The van der Waals surface area contributed by atoms with Gasteiger partial charge in [0.05, 0.1) is 9.82 Å². The van der Waals surface area contributed by atoms with Crippen molar-refractivity contribution in [1.29, 1.82) is 0 Å². The summed E-state index contributed by atoms with van der Waals surface area (Å²) in [6, 6.07) is 10.7. The van der Waals surface area contributed by atoms with Gasteiger partial charge in [0.2, 0.25) is 0 Å². The second-order valence-electron chi connectivity index (χ2n) is 7.09. The van der Waals surface area contributed by atoms with Crippen molar-refractivity contribution in [2.75, 3.05) is 0 Å².